The Labute approximate surface area is 126 Å². The number of rotatable bonds is 4. The van der Waals surface area contributed by atoms with Crippen molar-refractivity contribution in [3.63, 3.8) is 0 Å². The van der Waals surface area contributed by atoms with E-state index < -0.39 is 0 Å². The topological polar surface area (TPSA) is 47.6 Å². The van der Waals surface area contributed by atoms with E-state index in [2.05, 4.69) is 45.6 Å². The number of amides is 1. The van der Waals surface area contributed by atoms with Gasteiger partial charge in [0.2, 0.25) is 5.91 Å². The molecule has 2 N–H and O–H groups in total. The molecule has 3 rings (SSSR count). The van der Waals surface area contributed by atoms with Gasteiger partial charge in [-0.05, 0) is 32.1 Å². The van der Waals surface area contributed by atoms with E-state index in [0.717, 1.165) is 37.4 Å². The molecule has 2 heterocycles. The first kappa shape index (κ1) is 14.4. The maximum absolute atomic E-state index is 11.9. The summed E-state index contributed by atoms with van der Waals surface area (Å²) in [4.78, 5) is 16.8. The normalized spacial score (nSPS) is 22.3. The van der Waals surface area contributed by atoms with Gasteiger partial charge >= 0.3 is 0 Å². The van der Waals surface area contributed by atoms with E-state index in [1.54, 1.807) is 0 Å². The van der Waals surface area contributed by atoms with Crippen LogP contribution in [0.15, 0.2) is 18.2 Å². The van der Waals surface area contributed by atoms with Gasteiger partial charge < -0.3 is 15.5 Å². The maximum Gasteiger partial charge on any atom is 0.246 e. The fourth-order valence-corrected chi connectivity index (χ4v) is 3.28. The lowest BCUT2D eigenvalue weighted by Gasteiger charge is -2.36. The highest BCUT2D eigenvalue weighted by atomic mass is 16.2. The number of hydrogen-bond donors (Lipinski definition) is 2. The summed E-state index contributed by atoms with van der Waals surface area (Å²) in [6, 6.07) is 6.11. The van der Waals surface area contributed by atoms with Crippen LogP contribution in [0, 0.1) is 0 Å². The highest BCUT2D eigenvalue weighted by molar-refractivity contribution is 6.03. The third-order valence-corrected chi connectivity index (χ3v) is 4.43. The predicted octanol–water partition coefficient (Wildman–Crippen LogP) is 1.43. The van der Waals surface area contributed by atoms with Crippen molar-refractivity contribution in [1.82, 2.24) is 10.2 Å². The van der Waals surface area contributed by atoms with Crippen molar-refractivity contribution in [3.05, 3.63) is 23.8 Å². The number of nitrogens with zero attached hydrogens (tertiary/aromatic N) is 2. The van der Waals surface area contributed by atoms with Crippen LogP contribution in [0.1, 0.15) is 24.9 Å². The average molecular weight is 288 g/mol. The Morgan fingerprint density at radius 3 is 2.71 bits per heavy atom. The minimum absolute atomic E-state index is 0.0393. The fourth-order valence-electron chi connectivity index (χ4n) is 3.28. The summed E-state index contributed by atoms with van der Waals surface area (Å²) in [7, 11) is 1.82. The molecule has 1 saturated heterocycles. The van der Waals surface area contributed by atoms with Gasteiger partial charge in [-0.25, -0.2) is 0 Å². The zero-order valence-corrected chi connectivity index (χ0v) is 12.9. The molecule has 1 aromatic rings. The first-order valence-electron chi connectivity index (χ1n) is 7.82. The molecule has 0 spiro atoms. The Bertz CT molecular complexity index is 523. The summed E-state index contributed by atoms with van der Waals surface area (Å²) < 4.78 is 0. The van der Waals surface area contributed by atoms with Crippen molar-refractivity contribution in [2.24, 2.45) is 0 Å². The first-order chi connectivity index (χ1) is 10.2. The third-order valence-electron chi connectivity index (χ3n) is 4.43. The van der Waals surface area contributed by atoms with Gasteiger partial charge in [0.25, 0.3) is 0 Å². The molecule has 1 atom stereocenters. The lowest BCUT2D eigenvalue weighted by Crippen LogP contribution is -2.46. The van der Waals surface area contributed by atoms with Gasteiger partial charge in [0.05, 0.1) is 0 Å². The number of anilines is 2. The molecule has 1 aromatic carbocycles. The van der Waals surface area contributed by atoms with E-state index in [1.807, 2.05) is 7.05 Å². The van der Waals surface area contributed by atoms with E-state index in [4.69, 9.17) is 0 Å². The zero-order chi connectivity index (χ0) is 14.8. The second kappa shape index (κ2) is 6.03. The average Bonchev–Trinajstić information content (AvgIpc) is 2.82. The van der Waals surface area contributed by atoms with Gasteiger partial charge in [0.1, 0.15) is 6.04 Å². The highest BCUT2D eigenvalue weighted by Crippen LogP contribution is 2.34. The van der Waals surface area contributed by atoms with Gasteiger partial charge in [-0.1, -0.05) is 13.0 Å². The summed E-state index contributed by atoms with van der Waals surface area (Å²) in [6.45, 7) is 7.78. The number of piperazine rings is 1. The van der Waals surface area contributed by atoms with E-state index in [-0.39, 0.29) is 11.9 Å². The van der Waals surface area contributed by atoms with Crippen LogP contribution in [-0.2, 0) is 4.79 Å². The quantitative estimate of drug-likeness (QED) is 0.880. The summed E-state index contributed by atoms with van der Waals surface area (Å²) in [6.07, 6.45) is 1.22. The second-order valence-corrected chi connectivity index (χ2v) is 5.81. The Hall–Kier alpha value is -1.59. The lowest BCUT2D eigenvalue weighted by atomic mass is 10.1. The standard InChI is InChI=1S/C16H24N4O/c1-3-6-19-7-9-20(10-8-19)12-4-5-13-14(11-12)18-16(21)15(13)17-2/h4-5,11,15,17H,3,6-10H2,1-2H3,(H,18,21). The van der Waals surface area contributed by atoms with Crippen LogP contribution < -0.4 is 15.5 Å². The molecule has 0 radical (unpaired) electrons. The number of nitrogens with one attached hydrogen (secondary N) is 2. The molecule has 0 bridgehead atoms. The van der Waals surface area contributed by atoms with Gasteiger partial charge in [0, 0.05) is 43.1 Å². The molecule has 0 saturated carbocycles. The van der Waals surface area contributed by atoms with Crippen LogP contribution in [0.5, 0.6) is 0 Å². The van der Waals surface area contributed by atoms with E-state index >= 15 is 0 Å². The number of carbonyl (C=O) groups excluding carboxylic acids is 1. The Balaban J connectivity index is 1.71. The summed E-state index contributed by atoms with van der Waals surface area (Å²) in [5.41, 5.74) is 3.21. The van der Waals surface area contributed by atoms with Crippen LogP contribution in [-0.4, -0.2) is 50.6 Å². The molecule has 1 amide bonds. The van der Waals surface area contributed by atoms with Crippen molar-refractivity contribution in [2.75, 3.05) is 50.0 Å². The molecular formula is C16H24N4O. The smallest absolute Gasteiger partial charge is 0.246 e. The van der Waals surface area contributed by atoms with Gasteiger partial charge in [-0.2, -0.15) is 0 Å². The fraction of sp³-hybridized carbons (Fsp3) is 0.562. The van der Waals surface area contributed by atoms with Crippen molar-refractivity contribution in [3.8, 4) is 0 Å². The molecule has 0 aromatic heterocycles. The van der Waals surface area contributed by atoms with E-state index in [9.17, 15) is 4.79 Å². The number of benzene rings is 1. The number of fused-ring (bicyclic) bond motifs is 1. The molecular weight excluding hydrogens is 264 g/mol. The second-order valence-electron chi connectivity index (χ2n) is 5.81. The van der Waals surface area contributed by atoms with Crippen LogP contribution in [0.3, 0.4) is 0 Å². The van der Waals surface area contributed by atoms with Crippen molar-refractivity contribution in [1.29, 1.82) is 0 Å². The van der Waals surface area contributed by atoms with Crippen molar-refractivity contribution >= 4 is 17.3 Å². The zero-order valence-electron chi connectivity index (χ0n) is 12.9. The maximum atomic E-state index is 11.9. The van der Waals surface area contributed by atoms with Gasteiger partial charge in [-0.15, -0.1) is 0 Å². The first-order valence-corrected chi connectivity index (χ1v) is 7.82. The molecule has 0 aliphatic carbocycles. The van der Waals surface area contributed by atoms with Gasteiger partial charge in [-0.3, -0.25) is 9.69 Å². The molecule has 5 heteroatoms. The van der Waals surface area contributed by atoms with Crippen LogP contribution in [0.4, 0.5) is 11.4 Å². The van der Waals surface area contributed by atoms with Crippen LogP contribution in [0.25, 0.3) is 0 Å². The Morgan fingerprint density at radius 1 is 1.29 bits per heavy atom. The van der Waals surface area contributed by atoms with Gasteiger partial charge in [0.15, 0.2) is 0 Å². The van der Waals surface area contributed by atoms with E-state index in [0.29, 0.717) is 0 Å². The summed E-state index contributed by atoms with van der Waals surface area (Å²) in [5, 5.41) is 6.02. The summed E-state index contributed by atoms with van der Waals surface area (Å²) in [5.74, 6) is 0.0393. The highest BCUT2D eigenvalue weighted by Gasteiger charge is 2.29. The molecule has 1 unspecified atom stereocenters. The molecule has 2 aliphatic heterocycles. The lowest BCUT2D eigenvalue weighted by molar-refractivity contribution is -0.117. The largest absolute Gasteiger partial charge is 0.369 e. The third kappa shape index (κ3) is 2.76. The minimum Gasteiger partial charge on any atom is -0.369 e. The van der Waals surface area contributed by atoms with Crippen LogP contribution >= 0.6 is 0 Å². The molecule has 5 nitrogen and oxygen atoms in total. The SMILES string of the molecule is CCCN1CCN(c2ccc3c(c2)NC(=O)C3NC)CC1. The van der Waals surface area contributed by atoms with Crippen molar-refractivity contribution in [2.45, 2.75) is 19.4 Å². The molecule has 1 fully saturated rings. The molecule has 114 valence electrons. The minimum atomic E-state index is -0.213. The number of hydrogen-bond acceptors (Lipinski definition) is 4. The summed E-state index contributed by atoms with van der Waals surface area (Å²) >= 11 is 0. The predicted molar refractivity (Wildman–Crippen MR) is 85.8 cm³/mol. The Morgan fingerprint density at radius 2 is 2.05 bits per heavy atom. The number of likely N-dealkylation sites (N-methyl/N-ethyl adjacent to an activating group) is 1. The molecule has 21 heavy (non-hydrogen) atoms. The Kier molecular flexibility index (Phi) is 4.12. The van der Waals surface area contributed by atoms with Crippen LogP contribution in [0.2, 0.25) is 0 Å². The number of carbonyl (C=O) groups is 1. The van der Waals surface area contributed by atoms with Crippen molar-refractivity contribution < 1.29 is 4.79 Å². The monoisotopic (exact) mass is 288 g/mol. The van der Waals surface area contributed by atoms with E-state index in [1.165, 1.54) is 18.7 Å². The molecule has 2 aliphatic rings.